The summed E-state index contributed by atoms with van der Waals surface area (Å²) in [4.78, 5) is 23.0. The maximum Gasteiger partial charge on any atom is 0.228 e. The molecule has 3 heterocycles. The van der Waals surface area contributed by atoms with Crippen LogP contribution in [0.25, 0.3) is 16.3 Å². The topological polar surface area (TPSA) is 70.1 Å². The summed E-state index contributed by atoms with van der Waals surface area (Å²) in [6.07, 6.45) is 13.6. The van der Waals surface area contributed by atoms with Gasteiger partial charge in [-0.05, 0) is 65.0 Å². The van der Waals surface area contributed by atoms with E-state index >= 15 is 0 Å². The van der Waals surface area contributed by atoms with Crippen LogP contribution in [0.15, 0.2) is 42.4 Å². The van der Waals surface area contributed by atoms with Gasteiger partial charge in [0.15, 0.2) is 0 Å². The number of carbonyl (C=O) groups is 1. The number of amides is 1. The Balaban J connectivity index is 0.000000628. The highest BCUT2D eigenvalue weighted by atomic mass is 16.2. The molecule has 0 aromatic carbocycles. The number of allylic oxidation sites excluding steroid dienone is 2. The molecule has 1 aliphatic heterocycles. The third-order valence-corrected chi connectivity index (χ3v) is 5.27. The standard InChI is InChI=1S/C22H26N4O.C3H9N/c1-3-4-5-18-8-14(2)19(13-23-18)20-9-16-12-25-21(10-17(16)11-24-20)26-22(27)15-6-7-15;1-4(2)3/h8-13,15,18,23H,3-7H2,1-2H3,(H,25,26,27);1-3H3. The second-order valence-electron chi connectivity index (χ2n) is 8.91. The third-order valence-electron chi connectivity index (χ3n) is 5.27. The summed E-state index contributed by atoms with van der Waals surface area (Å²) in [5.41, 5.74) is 3.31. The van der Waals surface area contributed by atoms with Crippen molar-refractivity contribution in [2.45, 2.75) is 52.0 Å². The molecule has 1 amide bonds. The molecule has 1 aliphatic carbocycles. The molecule has 0 bridgehead atoms. The highest BCUT2D eigenvalue weighted by molar-refractivity contribution is 5.95. The molecule has 1 atom stereocenters. The zero-order valence-corrected chi connectivity index (χ0v) is 19.4. The fourth-order valence-corrected chi connectivity index (χ4v) is 3.44. The van der Waals surface area contributed by atoms with Crippen LogP contribution >= 0.6 is 0 Å². The van der Waals surface area contributed by atoms with Crippen LogP contribution in [0.3, 0.4) is 0 Å². The molecule has 2 aromatic heterocycles. The number of rotatable bonds is 6. The average molecular weight is 422 g/mol. The van der Waals surface area contributed by atoms with Crippen LogP contribution in [0.1, 0.15) is 51.6 Å². The molecule has 31 heavy (non-hydrogen) atoms. The number of unbranched alkanes of at least 4 members (excludes halogenated alkanes) is 1. The smallest absolute Gasteiger partial charge is 0.228 e. The summed E-state index contributed by atoms with van der Waals surface area (Å²) in [7, 11) is 6.00. The minimum absolute atomic E-state index is 0.0725. The molecule has 2 N–H and O–H groups in total. The monoisotopic (exact) mass is 421 g/mol. The molecule has 2 aromatic rings. The number of nitrogens with zero attached hydrogens (tertiary/aromatic N) is 3. The molecule has 1 unspecified atom stereocenters. The molecule has 6 nitrogen and oxygen atoms in total. The Labute approximate surface area is 185 Å². The zero-order chi connectivity index (χ0) is 22.4. The maximum atomic E-state index is 11.9. The predicted octanol–water partition coefficient (Wildman–Crippen LogP) is 4.61. The first-order chi connectivity index (χ1) is 14.9. The SMILES string of the molecule is CCCCC1C=C(C)C(c2cc3cnc(NC(=O)C4CC4)cc3cn2)=CN1.CN(C)C. The van der Waals surface area contributed by atoms with E-state index < -0.39 is 0 Å². The van der Waals surface area contributed by atoms with Gasteiger partial charge in [0, 0.05) is 46.9 Å². The van der Waals surface area contributed by atoms with Crippen molar-refractivity contribution in [1.29, 1.82) is 0 Å². The van der Waals surface area contributed by atoms with Gasteiger partial charge in [-0.2, -0.15) is 0 Å². The number of carbonyl (C=O) groups excluding carboxylic acids is 1. The molecule has 1 saturated carbocycles. The average Bonchev–Trinajstić information content (AvgIpc) is 3.57. The summed E-state index contributed by atoms with van der Waals surface area (Å²) in [5.74, 6) is 0.843. The number of pyridine rings is 2. The number of hydrogen-bond acceptors (Lipinski definition) is 5. The van der Waals surface area contributed by atoms with Crippen LogP contribution in [-0.4, -0.2) is 48.0 Å². The molecule has 0 saturated heterocycles. The third kappa shape index (κ3) is 6.62. The van der Waals surface area contributed by atoms with E-state index in [-0.39, 0.29) is 11.8 Å². The number of anilines is 1. The molecular formula is C25H35N5O. The normalized spacial score (nSPS) is 17.9. The summed E-state index contributed by atoms with van der Waals surface area (Å²) in [6.45, 7) is 4.36. The number of dihydropyridines is 1. The summed E-state index contributed by atoms with van der Waals surface area (Å²) >= 11 is 0. The van der Waals surface area contributed by atoms with Crippen LogP contribution in [0.5, 0.6) is 0 Å². The van der Waals surface area contributed by atoms with Gasteiger partial charge in [0.25, 0.3) is 0 Å². The van der Waals surface area contributed by atoms with Gasteiger partial charge in [0.2, 0.25) is 5.91 Å². The predicted molar refractivity (Wildman–Crippen MR) is 129 cm³/mol. The number of hydrogen-bond donors (Lipinski definition) is 2. The fourth-order valence-electron chi connectivity index (χ4n) is 3.44. The summed E-state index contributed by atoms with van der Waals surface area (Å²) < 4.78 is 0. The van der Waals surface area contributed by atoms with E-state index in [4.69, 9.17) is 0 Å². The maximum absolute atomic E-state index is 11.9. The van der Waals surface area contributed by atoms with E-state index in [0.717, 1.165) is 41.3 Å². The second kappa shape index (κ2) is 10.5. The minimum atomic E-state index is 0.0725. The first-order valence-electron chi connectivity index (χ1n) is 11.2. The largest absolute Gasteiger partial charge is 0.384 e. The van der Waals surface area contributed by atoms with E-state index in [1.165, 1.54) is 18.4 Å². The van der Waals surface area contributed by atoms with E-state index in [1.54, 1.807) is 0 Å². The van der Waals surface area contributed by atoms with Crippen molar-refractivity contribution >= 4 is 28.1 Å². The second-order valence-corrected chi connectivity index (χ2v) is 8.91. The summed E-state index contributed by atoms with van der Waals surface area (Å²) in [5, 5.41) is 8.38. The van der Waals surface area contributed by atoms with E-state index in [0.29, 0.717) is 11.9 Å². The van der Waals surface area contributed by atoms with Gasteiger partial charge in [-0.25, -0.2) is 4.98 Å². The Bertz CT molecular complexity index is 972. The molecule has 0 radical (unpaired) electrons. The Kier molecular flexibility index (Phi) is 7.80. The van der Waals surface area contributed by atoms with Crippen molar-refractivity contribution in [3.05, 3.63) is 48.1 Å². The lowest BCUT2D eigenvalue weighted by Gasteiger charge is -2.22. The fraction of sp³-hybridized carbons (Fsp3) is 0.480. The lowest BCUT2D eigenvalue weighted by Crippen LogP contribution is -2.25. The van der Waals surface area contributed by atoms with Crippen molar-refractivity contribution in [2.75, 3.05) is 26.5 Å². The highest BCUT2D eigenvalue weighted by Gasteiger charge is 2.29. The van der Waals surface area contributed by atoms with Crippen LogP contribution in [-0.2, 0) is 4.79 Å². The van der Waals surface area contributed by atoms with Gasteiger partial charge >= 0.3 is 0 Å². The van der Waals surface area contributed by atoms with Gasteiger partial charge in [-0.3, -0.25) is 9.78 Å². The van der Waals surface area contributed by atoms with Gasteiger partial charge in [0.05, 0.1) is 5.69 Å². The first kappa shape index (κ1) is 22.9. The molecule has 4 rings (SSSR count). The number of nitrogens with one attached hydrogen (secondary N) is 2. The van der Waals surface area contributed by atoms with Crippen molar-refractivity contribution in [2.24, 2.45) is 5.92 Å². The Morgan fingerprint density at radius 1 is 1.16 bits per heavy atom. The molecular weight excluding hydrogens is 386 g/mol. The van der Waals surface area contributed by atoms with E-state index in [2.05, 4.69) is 52.8 Å². The highest BCUT2D eigenvalue weighted by Crippen LogP contribution is 2.31. The molecule has 1 fully saturated rings. The van der Waals surface area contributed by atoms with E-state index in [1.807, 2.05) is 44.5 Å². The van der Waals surface area contributed by atoms with Gasteiger partial charge in [0.1, 0.15) is 5.82 Å². The lowest BCUT2D eigenvalue weighted by molar-refractivity contribution is -0.117. The zero-order valence-electron chi connectivity index (χ0n) is 19.4. The molecule has 6 heteroatoms. The Morgan fingerprint density at radius 2 is 1.84 bits per heavy atom. The van der Waals surface area contributed by atoms with E-state index in [9.17, 15) is 4.79 Å². The van der Waals surface area contributed by atoms with Crippen LogP contribution < -0.4 is 10.6 Å². The van der Waals surface area contributed by atoms with Gasteiger partial charge < -0.3 is 15.5 Å². The molecule has 2 aliphatic rings. The number of aromatic nitrogens is 2. The van der Waals surface area contributed by atoms with Crippen LogP contribution in [0, 0.1) is 5.92 Å². The first-order valence-corrected chi connectivity index (χ1v) is 11.2. The van der Waals surface area contributed by atoms with Crippen molar-refractivity contribution in [3.8, 4) is 0 Å². The van der Waals surface area contributed by atoms with Crippen molar-refractivity contribution in [1.82, 2.24) is 20.2 Å². The molecule has 166 valence electrons. The van der Waals surface area contributed by atoms with Gasteiger partial charge in [-0.15, -0.1) is 0 Å². The Morgan fingerprint density at radius 3 is 2.48 bits per heavy atom. The Hall–Kier alpha value is -2.73. The lowest BCUT2D eigenvalue weighted by atomic mass is 9.96. The minimum Gasteiger partial charge on any atom is -0.384 e. The summed E-state index contributed by atoms with van der Waals surface area (Å²) in [6, 6.07) is 4.36. The number of fused-ring (bicyclic) bond motifs is 1. The van der Waals surface area contributed by atoms with Crippen molar-refractivity contribution < 1.29 is 4.79 Å². The van der Waals surface area contributed by atoms with Crippen LogP contribution in [0.4, 0.5) is 5.82 Å². The quantitative estimate of drug-likeness (QED) is 0.713. The van der Waals surface area contributed by atoms with Gasteiger partial charge in [-0.1, -0.05) is 25.8 Å². The van der Waals surface area contributed by atoms with Crippen LogP contribution in [0.2, 0.25) is 0 Å². The van der Waals surface area contributed by atoms with Crippen molar-refractivity contribution in [3.63, 3.8) is 0 Å². The molecule has 0 spiro atoms.